The minimum Gasteiger partial charge on any atom is -0.393 e. The first-order valence-electron chi connectivity index (χ1n) is 38.9. The van der Waals surface area contributed by atoms with E-state index in [0.717, 1.165) is 128 Å². The van der Waals surface area contributed by atoms with Gasteiger partial charge in [-0.2, -0.15) is 0 Å². The van der Waals surface area contributed by atoms with Crippen LogP contribution in [0.2, 0.25) is 0 Å². The smallest absolute Gasteiger partial charge is 0.0608 e. The summed E-state index contributed by atoms with van der Waals surface area (Å²) >= 11 is 0. The fourth-order valence-corrected chi connectivity index (χ4v) is 17.3. The molecule has 0 aromatic heterocycles. The number of hydrogen-bond donors (Lipinski definition) is 8. The van der Waals surface area contributed by atoms with E-state index in [-0.39, 0.29) is 86.7 Å². The van der Waals surface area contributed by atoms with E-state index in [0.29, 0.717) is 46.8 Å². The highest BCUT2D eigenvalue weighted by Gasteiger charge is 2.42. The van der Waals surface area contributed by atoms with Gasteiger partial charge in [-0.15, -0.1) is 0 Å². The third-order valence-electron chi connectivity index (χ3n) is 26.8. The third-order valence-corrected chi connectivity index (χ3v) is 26.8. The molecule has 0 amide bonds. The highest BCUT2D eigenvalue weighted by atomic mass is 16.3. The predicted molar refractivity (Wildman–Crippen MR) is 420 cm³/mol. The van der Waals surface area contributed by atoms with Crippen molar-refractivity contribution >= 4 is 0 Å². The molecule has 0 spiro atoms. The topological polar surface area (TPSA) is 162 Å². The summed E-state index contributed by atoms with van der Waals surface area (Å²) in [5.74, 6) is 3.40. The second kappa shape index (κ2) is 40.0. The van der Waals surface area contributed by atoms with Gasteiger partial charge >= 0.3 is 0 Å². The van der Waals surface area contributed by atoms with E-state index >= 15 is 0 Å². The minimum atomic E-state index is -0.126. The average molecular weight is 1360 g/mol. The van der Waals surface area contributed by atoms with Crippen LogP contribution in [0.25, 0.3) is 0 Å². The van der Waals surface area contributed by atoms with Gasteiger partial charge in [0.1, 0.15) is 0 Å². The molecule has 0 aromatic carbocycles. The van der Waals surface area contributed by atoms with Crippen molar-refractivity contribution in [1.29, 1.82) is 0 Å². The molecule has 0 bridgehead atoms. The summed E-state index contributed by atoms with van der Waals surface area (Å²) in [6.45, 7) is 78.5. The molecule has 8 nitrogen and oxygen atoms in total. The van der Waals surface area contributed by atoms with Gasteiger partial charge in [0, 0.05) is 11.8 Å². The Hall–Kier alpha value is -2.40. The zero-order valence-corrected chi connectivity index (χ0v) is 68.3. The van der Waals surface area contributed by atoms with Crippen LogP contribution in [0, 0.1) is 84.7 Å². The SMILES string of the molecule is C=C(C)C1(C)CC(C)CC(O)C1.C=C(C)C1(C)CC(O)CCC1C.C=C(C)C1(C)CCC(O)C(C)C1.C=C(C)C1(C)CCC(O)CC1C.C=C(C)C1(C)CCCC(O)C1.C=C(C)C1(C)CCCC(O)C1C.CC(C)=CC1C(O)CCCC1(C)C.CC(C)=CC1CC(C)(C)CCC1O. The van der Waals surface area contributed by atoms with E-state index < -0.39 is 0 Å². The maximum absolute atomic E-state index is 9.91. The third kappa shape index (κ3) is 29.3. The van der Waals surface area contributed by atoms with Crippen molar-refractivity contribution in [1.82, 2.24) is 0 Å². The lowest BCUT2D eigenvalue weighted by Crippen LogP contribution is -2.38. The molecule has 8 fully saturated rings. The largest absolute Gasteiger partial charge is 0.393 e. The highest BCUT2D eigenvalue weighted by Crippen LogP contribution is 2.50. The fourth-order valence-electron chi connectivity index (χ4n) is 17.3. The maximum Gasteiger partial charge on any atom is 0.0608 e. The molecule has 8 heteroatoms. The van der Waals surface area contributed by atoms with Crippen LogP contribution in [0.15, 0.2) is 96.2 Å². The minimum absolute atomic E-state index is 0.0765. The molecule has 0 aliphatic heterocycles. The molecule has 8 aliphatic rings. The van der Waals surface area contributed by atoms with Crippen LogP contribution in [0.3, 0.4) is 0 Å². The molecule has 8 saturated carbocycles. The molecule has 0 radical (unpaired) electrons. The number of aliphatic hydroxyl groups is 8. The Kier molecular flexibility index (Phi) is 38.2. The van der Waals surface area contributed by atoms with E-state index in [4.69, 9.17) is 0 Å². The molecule has 21 unspecified atom stereocenters. The molecular weight excluding hydrogens is 1200 g/mol. The molecular formula is C89H162O8. The van der Waals surface area contributed by atoms with Crippen molar-refractivity contribution in [3.8, 4) is 0 Å². The van der Waals surface area contributed by atoms with E-state index in [1.165, 1.54) is 76.7 Å². The van der Waals surface area contributed by atoms with Crippen LogP contribution >= 0.6 is 0 Å². The van der Waals surface area contributed by atoms with Gasteiger partial charge in [-0.1, -0.05) is 213 Å². The standard InChI is InChI=1S/2C12H22O.5C11H20O.C10H18O/c1-9(2)7-10-8-12(3,4)6-5-11(10)13;1-9(2)8-10-11(13)6-5-7-12(10,3)4;1-8(2)11(4)6-9(3)5-10(12)7-11;1-8(2)11(4)6-5-10(12)9(3)7-11;1-8(2)11(4)6-5-10(12)7-9(11)3;1-8(2)11(4)7-10(12)6-5-9(11)3;1-8(2)11(4)7-5-6-10(12)9(11)3;1-8(2)10(3)6-4-5-9(11)7-10/h7,10-11,13H,5-6,8H2,1-4H3;8,10-11,13H,5-7H2,1-4H3;5*9-10,12H,1,5-7H2,2-4H3;9,11H,1,4-7H2,2-3H3. The Morgan fingerprint density at radius 2 is 0.814 bits per heavy atom. The van der Waals surface area contributed by atoms with Crippen molar-refractivity contribution in [2.24, 2.45) is 84.7 Å². The zero-order chi connectivity index (χ0) is 75.4. The van der Waals surface area contributed by atoms with Gasteiger partial charge in [0.2, 0.25) is 0 Å². The summed E-state index contributed by atoms with van der Waals surface area (Å²) in [7, 11) is 0. The molecule has 8 N–H and O–H groups in total. The normalized spacial score (nSPS) is 39.5. The lowest BCUT2D eigenvalue weighted by Gasteiger charge is -2.43. The van der Waals surface area contributed by atoms with Crippen LogP contribution in [0.5, 0.6) is 0 Å². The van der Waals surface area contributed by atoms with Crippen LogP contribution < -0.4 is 0 Å². The van der Waals surface area contributed by atoms with Gasteiger partial charge in [-0.25, -0.2) is 0 Å². The summed E-state index contributed by atoms with van der Waals surface area (Å²) in [5.41, 5.74) is 12.0. The van der Waals surface area contributed by atoms with Crippen LogP contribution in [-0.4, -0.2) is 89.7 Å². The fraction of sp³-hybridized carbons (Fsp3) is 0.820. The van der Waals surface area contributed by atoms with Crippen molar-refractivity contribution in [3.05, 3.63) is 96.2 Å². The molecule has 0 aromatic rings. The summed E-state index contributed by atoms with van der Waals surface area (Å²) in [6.07, 6.45) is 29.8. The quantitative estimate of drug-likeness (QED) is 0.111. The molecule has 8 rings (SSSR count). The average Bonchev–Trinajstić information content (AvgIpc) is 0.834. The van der Waals surface area contributed by atoms with Crippen molar-refractivity contribution < 1.29 is 40.9 Å². The first-order chi connectivity index (χ1) is 44.2. The Morgan fingerprint density at radius 1 is 0.340 bits per heavy atom. The summed E-state index contributed by atoms with van der Waals surface area (Å²) in [4.78, 5) is 0. The molecule has 0 saturated heterocycles. The second-order valence-corrected chi connectivity index (χ2v) is 37.6. The monoisotopic (exact) mass is 1360 g/mol. The first kappa shape index (κ1) is 92.6. The van der Waals surface area contributed by atoms with Crippen molar-refractivity contribution in [2.75, 3.05) is 0 Å². The highest BCUT2D eigenvalue weighted by molar-refractivity contribution is 5.14. The molecule has 566 valence electrons. The Bertz CT molecular complexity index is 2480. The van der Waals surface area contributed by atoms with Crippen LogP contribution in [0.1, 0.15) is 334 Å². The van der Waals surface area contributed by atoms with Gasteiger partial charge in [-0.3, -0.25) is 0 Å². The van der Waals surface area contributed by atoms with E-state index in [1.54, 1.807) is 0 Å². The van der Waals surface area contributed by atoms with Gasteiger partial charge in [-0.05, 0) is 290 Å². The Labute approximate surface area is 601 Å². The molecule has 97 heavy (non-hydrogen) atoms. The summed E-state index contributed by atoms with van der Waals surface area (Å²) in [5, 5.41) is 77.1. The van der Waals surface area contributed by atoms with Crippen LogP contribution in [-0.2, 0) is 0 Å². The molecule has 21 atom stereocenters. The second-order valence-electron chi connectivity index (χ2n) is 37.6. The number of rotatable bonds is 8. The molecule has 8 aliphatic carbocycles. The first-order valence-corrected chi connectivity index (χ1v) is 38.9. The van der Waals surface area contributed by atoms with E-state index in [9.17, 15) is 40.9 Å². The lowest BCUT2D eigenvalue weighted by molar-refractivity contribution is 0.0111. The number of allylic oxidation sites excluding steroid dienone is 8. The lowest BCUT2D eigenvalue weighted by atomic mass is 9.64. The zero-order valence-electron chi connectivity index (χ0n) is 68.3. The Balaban J connectivity index is 0.000000555. The van der Waals surface area contributed by atoms with Gasteiger partial charge in [0.15, 0.2) is 0 Å². The number of aliphatic hydroxyl groups excluding tert-OH is 8. The van der Waals surface area contributed by atoms with Gasteiger partial charge in [0.25, 0.3) is 0 Å². The summed E-state index contributed by atoms with van der Waals surface area (Å²) < 4.78 is 0. The molecule has 0 heterocycles. The van der Waals surface area contributed by atoms with Gasteiger partial charge in [0.05, 0.1) is 48.8 Å². The van der Waals surface area contributed by atoms with Crippen LogP contribution in [0.4, 0.5) is 0 Å². The summed E-state index contributed by atoms with van der Waals surface area (Å²) in [6, 6.07) is 0. The maximum atomic E-state index is 9.91. The van der Waals surface area contributed by atoms with E-state index in [2.05, 4.69) is 225 Å². The van der Waals surface area contributed by atoms with E-state index in [1.807, 2.05) is 0 Å². The predicted octanol–water partition coefficient (Wildman–Crippen LogP) is 22.5. The Morgan fingerprint density at radius 3 is 1.25 bits per heavy atom. The van der Waals surface area contributed by atoms with Gasteiger partial charge < -0.3 is 40.9 Å². The van der Waals surface area contributed by atoms with Crippen molar-refractivity contribution in [2.45, 2.75) is 382 Å². The van der Waals surface area contributed by atoms with Crippen molar-refractivity contribution in [3.63, 3.8) is 0 Å². The number of hydrogen-bond acceptors (Lipinski definition) is 8.